The van der Waals surface area contributed by atoms with E-state index in [9.17, 15) is 0 Å². The summed E-state index contributed by atoms with van der Waals surface area (Å²) in [7, 11) is 2.05. The summed E-state index contributed by atoms with van der Waals surface area (Å²) in [5.41, 5.74) is 0.182. The molecule has 3 heteroatoms. The van der Waals surface area contributed by atoms with Crippen LogP contribution in [0.3, 0.4) is 0 Å². The minimum atomic E-state index is 0.182. The maximum Gasteiger partial charge on any atom is 0.171 e. The lowest BCUT2D eigenvalue weighted by atomic mass is 10.1. The number of likely N-dealkylation sites (N-methyl/N-ethyl adjacent to an activating group) is 1. The van der Waals surface area contributed by atoms with Gasteiger partial charge in [0.1, 0.15) is 0 Å². The van der Waals surface area contributed by atoms with Crippen molar-refractivity contribution in [1.82, 2.24) is 9.80 Å². The Balaban J connectivity index is 2.70. The zero-order chi connectivity index (χ0) is 8.65. The fraction of sp³-hybridized carbons (Fsp3) is 0.875. The summed E-state index contributed by atoms with van der Waals surface area (Å²) in [6.45, 7) is 8.71. The molecule has 0 saturated carbocycles. The van der Waals surface area contributed by atoms with Crippen LogP contribution in [0.1, 0.15) is 20.8 Å². The van der Waals surface area contributed by atoms with Gasteiger partial charge < -0.3 is 9.80 Å². The van der Waals surface area contributed by atoms with Crippen molar-refractivity contribution in [2.45, 2.75) is 26.3 Å². The predicted molar refractivity (Wildman–Crippen MR) is 51.7 cm³/mol. The Morgan fingerprint density at radius 3 is 2.00 bits per heavy atom. The number of rotatable bonds is 0. The fourth-order valence-corrected chi connectivity index (χ4v) is 1.73. The monoisotopic (exact) mass is 172 g/mol. The minimum Gasteiger partial charge on any atom is -0.350 e. The number of nitrogens with zero attached hydrogens (tertiary/aromatic N) is 2. The molecule has 11 heavy (non-hydrogen) atoms. The quantitative estimate of drug-likeness (QED) is 0.509. The van der Waals surface area contributed by atoms with Crippen LogP contribution in [0.4, 0.5) is 0 Å². The third-order valence-corrected chi connectivity index (χ3v) is 2.56. The zero-order valence-electron chi connectivity index (χ0n) is 7.72. The molecule has 64 valence electrons. The average Bonchev–Trinajstić information content (AvgIpc) is 2.11. The lowest BCUT2D eigenvalue weighted by molar-refractivity contribution is 0.263. The van der Waals surface area contributed by atoms with Crippen molar-refractivity contribution in [2.75, 3.05) is 20.1 Å². The van der Waals surface area contributed by atoms with Crippen LogP contribution in [0.5, 0.6) is 0 Å². The van der Waals surface area contributed by atoms with Gasteiger partial charge in [0.05, 0.1) is 0 Å². The summed E-state index contributed by atoms with van der Waals surface area (Å²) in [5, 5.41) is 0.984. The van der Waals surface area contributed by atoms with Gasteiger partial charge in [0.25, 0.3) is 0 Å². The third-order valence-electron chi connectivity index (χ3n) is 2.03. The van der Waals surface area contributed by atoms with E-state index in [1.807, 2.05) is 7.05 Å². The molecule has 0 radical (unpaired) electrons. The van der Waals surface area contributed by atoms with Crippen LogP contribution in [0.25, 0.3) is 0 Å². The van der Waals surface area contributed by atoms with E-state index in [1.54, 1.807) is 0 Å². The Morgan fingerprint density at radius 1 is 1.27 bits per heavy atom. The van der Waals surface area contributed by atoms with Crippen LogP contribution in [0, 0.1) is 0 Å². The van der Waals surface area contributed by atoms with Crippen molar-refractivity contribution < 1.29 is 0 Å². The fourth-order valence-electron chi connectivity index (χ4n) is 1.27. The van der Waals surface area contributed by atoms with E-state index in [0.29, 0.717) is 0 Å². The first-order chi connectivity index (χ1) is 4.93. The van der Waals surface area contributed by atoms with Crippen LogP contribution < -0.4 is 0 Å². The summed E-state index contributed by atoms with van der Waals surface area (Å²) >= 11 is 5.26. The lowest BCUT2D eigenvalue weighted by Crippen LogP contribution is -2.43. The Morgan fingerprint density at radius 2 is 1.82 bits per heavy atom. The molecule has 0 amide bonds. The summed E-state index contributed by atoms with van der Waals surface area (Å²) in [6.07, 6.45) is 0. The van der Waals surface area contributed by atoms with Crippen molar-refractivity contribution in [1.29, 1.82) is 0 Å². The Kier molecular flexibility index (Phi) is 2.10. The van der Waals surface area contributed by atoms with Crippen LogP contribution in [-0.2, 0) is 0 Å². The van der Waals surface area contributed by atoms with Gasteiger partial charge in [-0.15, -0.1) is 0 Å². The first kappa shape index (κ1) is 8.78. The van der Waals surface area contributed by atoms with Gasteiger partial charge in [0, 0.05) is 25.7 Å². The highest BCUT2D eigenvalue weighted by molar-refractivity contribution is 7.80. The van der Waals surface area contributed by atoms with E-state index in [1.165, 1.54) is 0 Å². The molecular weight excluding hydrogens is 156 g/mol. The summed E-state index contributed by atoms with van der Waals surface area (Å²) in [6, 6.07) is 0. The topological polar surface area (TPSA) is 6.48 Å². The van der Waals surface area contributed by atoms with E-state index >= 15 is 0 Å². The van der Waals surface area contributed by atoms with E-state index in [2.05, 4.69) is 30.6 Å². The predicted octanol–water partition coefficient (Wildman–Crippen LogP) is 1.32. The molecule has 0 N–H and O–H groups in total. The highest BCUT2D eigenvalue weighted by Crippen LogP contribution is 2.19. The second-order valence-electron chi connectivity index (χ2n) is 4.03. The first-order valence-electron chi connectivity index (χ1n) is 3.95. The smallest absolute Gasteiger partial charge is 0.171 e. The molecular formula is C8H16N2S. The molecule has 0 atom stereocenters. The van der Waals surface area contributed by atoms with Gasteiger partial charge in [0.15, 0.2) is 5.11 Å². The maximum absolute atomic E-state index is 5.26. The Labute approximate surface area is 74.2 Å². The molecule has 0 aliphatic carbocycles. The van der Waals surface area contributed by atoms with E-state index in [-0.39, 0.29) is 5.54 Å². The van der Waals surface area contributed by atoms with E-state index in [0.717, 1.165) is 18.2 Å². The molecule has 0 unspecified atom stereocenters. The molecule has 1 aliphatic heterocycles. The van der Waals surface area contributed by atoms with Crippen LogP contribution in [0.15, 0.2) is 0 Å². The van der Waals surface area contributed by atoms with Gasteiger partial charge in [-0.05, 0) is 33.0 Å². The summed E-state index contributed by atoms with van der Waals surface area (Å²) in [5.74, 6) is 0. The number of hydrogen-bond acceptors (Lipinski definition) is 1. The van der Waals surface area contributed by atoms with Crippen molar-refractivity contribution in [2.24, 2.45) is 0 Å². The van der Waals surface area contributed by atoms with Crippen molar-refractivity contribution in [3.05, 3.63) is 0 Å². The van der Waals surface area contributed by atoms with E-state index < -0.39 is 0 Å². The molecule has 1 heterocycles. The molecule has 0 aromatic rings. The normalized spacial score (nSPS) is 19.8. The van der Waals surface area contributed by atoms with Crippen molar-refractivity contribution in [3.8, 4) is 0 Å². The molecule has 1 aliphatic rings. The molecule has 2 nitrogen and oxygen atoms in total. The molecule has 0 bridgehead atoms. The molecule has 1 rings (SSSR count). The largest absolute Gasteiger partial charge is 0.350 e. The van der Waals surface area contributed by atoms with Gasteiger partial charge in [-0.1, -0.05) is 0 Å². The molecule has 1 saturated heterocycles. The van der Waals surface area contributed by atoms with Gasteiger partial charge >= 0.3 is 0 Å². The van der Waals surface area contributed by atoms with Crippen LogP contribution in [-0.4, -0.2) is 40.6 Å². The second-order valence-corrected chi connectivity index (χ2v) is 4.39. The highest BCUT2D eigenvalue weighted by atomic mass is 32.1. The first-order valence-corrected chi connectivity index (χ1v) is 4.36. The third kappa shape index (κ3) is 1.64. The lowest BCUT2D eigenvalue weighted by Gasteiger charge is -2.33. The summed E-state index contributed by atoms with van der Waals surface area (Å²) in [4.78, 5) is 4.39. The number of hydrogen-bond donors (Lipinski definition) is 0. The molecule has 0 aromatic heterocycles. The molecule has 0 spiro atoms. The average molecular weight is 172 g/mol. The van der Waals surface area contributed by atoms with Gasteiger partial charge in [-0.25, -0.2) is 0 Å². The van der Waals surface area contributed by atoms with Crippen molar-refractivity contribution >= 4 is 17.3 Å². The van der Waals surface area contributed by atoms with Crippen LogP contribution in [0.2, 0.25) is 0 Å². The van der Waals surface area contributed by atoms with Gasteiger partial charge in [-0.2, -0.15) is 0 Å². The standard InChI is InChI=1S/C8H16N2S/c1-8(2,3)10-6-5-9(4)7(10)11/h5-6H2,1-4H3. The zero-order valence-corrected chi connectivity index (χ0v) is 8.53. The summed E-state index contributed by atoms with van der Waals surface area (Å²) < 4.78 is 0. The molecule has 0 aromatic carbocycles. The van der Waals surface area contributed by atoms with Crippen molar-refractivity contribution in [3.63, 3.8) is 0 Å². The van der Waals surface area contributed by atoms with Gasteiger partial charge in [-0.3, -0.25) is 0 Å². The highest BCUT2D eigenvalue weighted by Gasteiger charge is 2.30. The second kappa shape index (κ2) is 2.63. The van der Waals surface area contributed by atoms with Gasteiger partial charge in [0.2, 0.25) is 0 Å². The Bertz CT molecular complexity index is 171. The maximum atomic E-state index is 5.26. The Hall–Kier alpha value is -0.310. The molecule has 1 fully saturated rings. The minimum absolute atomic E-state index is 0.182. The van der Waals surface area contributed by atoms with Crippen LogP contribution >= 0.6 is 12.2 Å². The SMILES string of the molecule is CN1CCN(C(C)(C)C)C1=S. The van der Waals surface area contributed by atoms with E-state index in [4.69, 9.17) is 12.2 Å². The number of thiocarbonyl (C=S) groups is 1.